The Hall–Kier alpha value is -0.470. The maximum Gasteiger partial charge on any atom is 0.240 e. The number of nitrogens with one attached hydrogen (secondary N) is 1. The van der Waals surface area contributed by atoms with Gasteiger partial charge in [0.25, 0.3) is 0 Å². The summed E-state index contributed by atoms with van der Waals surface area (Å²) in [6.45, 7) is -0.697. The van der Waals surface area contributed by atoms with E-state index in [0.717, 1.165) is 4.47 Å². The predicted octanol–water partition coefficient (Wildman–Crippen LogP) is 0.0806. The van der Waals surface area contributed by atoms with Crippen LogP contribution in [0, 0.1) is 0 Å². The summed E-state index contributed by atoms with van der Waals surface area (Å²) in [4.78, 5) is 0.112. The molecule has 0 heterocycles. The van der Waals surface area contributed by atoms with Crippen molar-refractivity contribution in [3.8, 4) is 0 Å². The van der Waals surface area contributed by atoms with Crippen LogP contribution in [0.1, 0.15) is 0 Å². The van der Waals surface area contributed by atoms with Crippen molar-refractivity contribution in [2.24, 2.45) is 0 Å². The number of rotatable bonds is 5. The molecule has 3 N–H and O–H groups in total. The molecule has 0 fully saturated rings. The Morgan fingerprint density at radius 1 is 1.31 bits per heavy atom. The van der Waals surface area contributed by atoms with Gasteiger partial charge in [0.2, 0.25) is 10.0 Å². The summed E-state index contributed by atoms with van der Waals surface area (Å²) < 4.78 is 26.3. The van der Waals surface area contributed by atoms with Gasteiger partial charge in [-0.1, -0.05) is 15.9 Å². The SMILES string of the molecule is O=S(=O)(NCC(O)CO)c1ccc(Br)cc1. The molecule has 0 aliphatic heterocycles. The number of halogens is 1. The normalized spacial score (nSPS) is 13.7. The molecule has 1 unspecified atom stereocenters. The summed E-state index contributed by atoms with van der Waals surface area (Å²) in [7, 11) is -3.62. The Balaban J connectivity index is 2.74. The molecule has 0 amide bonds. The van der Waals surface area contributed by atoms with Gasteiger partial charge in [0.1, 0.15) is 0 Å². The third kappa shape index (κ3) is 3.84. The summed E-state index contributed by atoms with van der Waals surface area (Å²) in [6.07, 6.45) is -1.09. The predicted molar refractivity (Wildman–Crippen MR) is 62.4 cm³/mol. The first kappa shape index (κ1) is 13.6. The number of sulfonamides is 1. The van der Waals surface area contributed by atoms with Gasteiger partial charge >= 0.3 is 0 Å². The Morgan fingerprint density at radius 2 is 1.88 bits per heavy atom. The van der Waals surface area contributed by atoms with Crippen LogP contribution in [-0.2, 0) is 10.0 Å². The topological polar surface area (TPSA) is 86.6 Å². The minimum absolute atomic E-state index is 0.112. The van der Waals surface area contributed by atoms with Crippen molar-refractivity contribution in [1.82, 2.24) is 4.72 Å². The largest absolute Gasteiger partial charge is 0.394 e. The second-order valence-electron chi connectivity index (χ2n) is 3.14. The van der Waals surface area contributed by atoms with E-state index in [4.69, 9.17) is 10.2 Å². The Bertz CT molecular complexity index is 431. The monoisotopic (exact) mass is 309 g/mol. The van der Waals surface area contributed by atoms with Crippen molar-refractivity contribution in [1.29, 1.82) is 0 Å². The van der Waals surface area contributed by atoms with E-state index in [1.807, 2.05) is 0 Å². The molecule has 0 radical (unpaired) electrons. The van der Waals surface area contributed by atoms with Gasteiger partial charge in [0.15, 0.2) is 0 Å². The minimum Gasteiger partial charge on any atom is -0.394 e. The lowest BCUT2D eigenvalue weighted by atomic mass is 10.4. The molecule has 1 aromatic carbocycles. The summed E-state index contributed by atoms with van der Waals surface area (Å²) >= 11 is 3.20. The Morgan fingerprint density at radius 3 is 2.38 bits per heavy atom. The second-order valence-corrected chi connectivity index (χ2v) is 5.82. The first-order valence-corrected chi connectivity index (χ1v) is 6.77. The van der Waals surface area contributed by atoms with Gasteiger partial charge in [0, 0.05) is 11.0 Å². The van der Waals surface area contributed by atoms with E-state index >= 15 is 0 Å². The van der Waals surface area contributed by atoms with E-state index in [0.29, 0.717) is 0 Å². The zero-order valence-corrected chi connectivity index (χ0v) is 10.7. The fourth-order valence-corrected chi connectivity index (χ4v) is 2.30. The van der Waals surface area contributed by atoms with Crippen molar-refractivity contribution in [2.75, 3.05) is 13.2 Å². The standard InChI is InChI=1S/C9H12BrNO4S/c10-7-1-3-9(4-2-7)16(14,15)11-5-8(13)6-12/h1-4,8,11-13H,5-6H2. The van der Waals surface area contributed by atoms with E-state index in [1.54, 1.807) is 12.1 Å². The molecule has 0 saturated carbocycles. The zero-order valence-electron chi connectivity index (χ0n) is 8.30. The number of hydrogen-bond donors (Lipinski definition) is 3. The fraction of sp³-hybridized carbons (Fsp3) is 0.333. The fourth-order valence-electron chi connectivity index (χ4n) is 0.968. The molecule has 0 aromatic heterocycles. The van der Waals surface area contributed by atoms with Gasteiger partial charge in [-0.25, -0.2) is 13.1 Å². The number of aliphatic hydroxyl groups excluding tert-OH is 2. The molecule has 0 aliphatic carbocycles. The van der Waals surface area contributed by atoms with Crippen LogP contribution in [0.3, 0.4) is 0 Å². The molecular weight excluding hydrogens is 298 g/mol. The quantitative estimate of drug-likeness (QED) is 0.719. The molecule has 0 aliphatic rings. The molecule has 1 rings (SSSR count). The molecule has 0 spiro atoms. The van der Waals surface area contributed by atoms with E-state index in [-0.39, 0.29) is 11.4 Å². The first-order chi connectivity index (χ1) is 7.45. The van der Waals surface area contributed by atoms with Crippen LogP contribution < -0.4 is 4.72 Å². The van der Waals surface area contributed by atoms with Crippen molar-refractivity contribution in [3.05, 3.63) is 28.7 Å². The van der Waals surface area contributed by atoms with Gasteiger partial charge in [0.05, 0.1) is 17.6 Å². The summed E-state index contributed by atoms with van der Waals surface area (Å²) in [5, 5.41) is 17.6. The highest BCUT2D eigenvalue weighted by molar-refractivity contribution is 9.10. The highest BCUT2D eigenvalue weighted by atomic mass is 79.9. The van der Waals surface area contributed by atoms with Crippen molar-refractivity contribution in [2.45, 2.75) is 11.0 Å². The van der Waals surface area contributed by atoms with Crippen LogP contribution >= 0.6 is 15.9 Å². The van der Waals surface area contributed by atoms with Crippen LogP contribution in [0.2, 0.25) is 0 Å². The Labute approximate surface area is 102 Å². The molecule has 16 heavy (non-hydrogen) atoms. The third-order valence-electron chi connectivity index (χ3n) is 1.84. The van der Waals surface area contributed by atoms with Crippen molar-refractivity contribution < 1.29 is 18.6 Å². The lowest BCUT2D eigenvalue weighted by Crippen LogP contribution is -2.33. The minimum atomic E-state index is -3.62. The van der Waals surface area contributed by atoms with Gasteiger partial charge in [-0.15, -0.1) is 0 Å². The molecule has 5 nitrogen and oxygen atoms in total. The number of benzene rings is 1. The molecule has 1 atom stereocenters. The van der Waals surface area contributed by atoms with Crippen LogP contribution in [0.5, 0.6) is 0 Å². The van der Waals surface area contributed by atoms with Gasteiger partial charge in [-0.2, -0.15) is 0 Å². The zero-order chi connectivity index (χ0) is 12.2. The van der Waals surface area contributed by atoms with Crippen LogP contribution in [-0.4, -0.2) is 37.9 Å². The lowest BCUT2D eigenvalue weighted by Gasteiger charge is -2.09. The third-order valence-corrected chi connectivity index (χ3v) is 3.81. The smallest absolute Gasteiger partial charge is 0.240 e. The maximum absolute atomic E-state index is 11.6. The summed E-state index contributed by atoms with van der Waals surface area (Å²) in [5.41, 5.74) is 0. The molecule has 90 valence electrons. The number of aliphatic hydroxyl groups is 2. The van der Waals surface area contributed by atoms with E-state index in [9.17, 15) is 8.42 Å². The average molecular weight is 310 g/mol. The van der Waals surface area contributed by atoms with Crippen molar-refractivity contribution in [3.63, 3.8) is 0 Å². The summed E-state index contributed by atoms with van der Waals surface area (Å²) in [6, 6.07) is 6.10. The van der Waals surface area contributed by atoms with Crippen LogP contribution in [0.25, 0.3) is 0 Å². The van der Waals surface area contributed by atoms with Gasteiger partial charge in [-0.05, 0) is 24.3 Å². The number of hydrogen-bond acceptors (Lipinski definition) is 4. The van der Waals surface area contributed by atoms with Crippen LogP contribution in [0.4, 0.5) is 0 Å². The molecular formula is C9H12BrNO4S. The van der Waals surface area contributed by atoms with E-state index in [1.165, 1.54) is 12.1 Å². The lowest BCUT2D eigenvalue weighted by molar-refractivity contribution is 0.0988. The first-order valence-electron chi connectivity index (χ1n) is 4.50. The van der Waals surface area contributed by atoms with Crippen molar-refractivity contribution >= 4 is 26.0 Å². The molecule has 7 heteroatoms. The summed E-state index contributed by atoms with van der Waals surface area (Å²) in [5.74, 6) is 0. The maximum atomic E-state index is 11.6. The van der Waals surface area contributed by atoms with E-state index < -0.39 is 22.7 Å². The van der Waals surface area contributed by atoms with Gasteiger partial charge < -0.3 is 10.2 Å². The van der Waals surface area contributed by atoms with Crippen LogP contribution in [0.15, 0.2) is 33.6 Å². The molecule has 1 aromatic rings. The highest BCUT2D eigenvalue weighted by Gasteiger charge is 2.14. The molecule has 0 saturated heterocycles. The van der Waals surface area contributed by atoms with Gasteiger partial charge in [-0.3, -0.25) is 0 Å². The average Bonchev–Trinajstić information content (AvgIpc) is 2.26. The van der Waals surface area contributed by atoms with E-state index in [2.05, 4.69) is 20.7 Å². The Kier molecular flexibility index (Phi) is 4.88. The second kappa shape index (κ2) is 5.74. The highest BCUT2D eigenvalue weighted by Crippen LogP contribution is 2.14. The molecule has 0 bridgehead atoms.